The Hall–Kier alpha value is -1.00. The van der Waals surface area contributed by atoms with Crippen LogP contribution in [0.2, 0.25) is 0 Å². The molecule has 1 heterocycles. The Morgan fingerprint density at radius 2 is 2.18 bits per heavy atom. The van der Waals surface area contributed by atoms with Crippen molar-refractivity contribution >= 4 is 29.9 Å². The molecule has 17 heavy (non-hydrogen) atoms. The average Bonchev–Trinajstić information content (AvgIpc) is 2.40. The minimum absolute atomic E-state index is 0.817. The van der Waals surface area contributed by atoms with Crippen molar-refractivity contribution in [3.63, 3.8) is 0 Å². The second-order valence-corrected chi connectivity index (χ2v) is 5.15. The highest BCUT2D eigenvalue weighted by molar-refractivity contribution is 7.99. The zero-order valence-electron chi connectivity index (χ0n) is 10.2. The van der Waals surface area contributed by atoms with E-state index in [0.29, 0.717) is 0 Å². The van der Waals surface area contributed by atoms with E-state index >= 15 is 0 Å². The van der Waals surface area contributed by atoms with Gasteiger partial charge in [-0.3, -0.25) is 4.99 Å². The molecule has 1 aromatic rings. The van der Waals surface area contributed by atoms with Crippen LogP contribution < -0.4 is 4.90 Å². The average molecular weight is 250 g/mol. The number of anilines is 1. The summed E-state index contributed by atoms with van der Waals surface area (Å²) < 4.78 is 5.37. The number of morpholine rings is 1. The predicted octanol–water partition coefficient (Wildman–Crippen LogP) is 2.97. The van der Waals surface area contributed by atoms with Gasteiger partial charge in [0.2, 0.25) is 0 Å². The summed E-state index contributed by atoms with van der Waals surface area (Å²) in [6, 6.07) is 6.38. The Labute approximate surface area is 107 Å². The van der Waals surface area contributed by atoms with E-state index in [4.69, 9.17) is 4.74 Å². The van der Waals surface area contributed by atoms with Gasteiger partial charge in [-0.2, -0.15) is 0 Å². The lowest BCUT2D eigenvalue weighted by Crippen LogP contribution is -2.36. The van der Waals surface area contributed by atoms with E-state index in [-0.39, 0.29) is 0 Å². The summed E-state index contributed by atoms with van der Waals surface area (Å²) in [5.74, 6) is 1.05. The molecule has 0 aromatic heterocycles. The highest BCUT2D eigenvalue weighted by Crippen LogP contribution is 2.33. The smallest absolute Gasteiger partial charge is 0.0759 e. The number of nitrogens with zero attached hydrogens (tertiary/aromatic N) is 2. The van der Waals surface area contributed by atoms with E-state index in [2.05, 4.69) is 41.7 Å². The SMILES string of the molecule is C=Nc1ccc(N2CCOCC2)cc1SCC. The van der Waals surface area contributed by atoms with Gasteiger partial charge in [-0.25, -0.2) is 0 Å². The number of rotatable bonds is 4. The van der Waals surface area contributed by atoms with Crippen LogP contribution in [0.15, 0.2) is 28.1 Å². The fourth-order valence-corrected chi connectivity index (χ4v) is 2.72. The largest absolute Gasteiger partial charge is 0.378 e. The van der Waals surface area contributed by atoms with Gasteiger partial charge in [0, 0.05) is 23.7 Å². The van der Waals surface area contributed by atoms with E-state index < -0.39 is 0 Å². The maximum atomic E-state index is 5.37. The van der Waals surface area contributed by atoms with Gasteiger partial charge in [0.15, 0.2) is 0 Å². The number of hydrogen-bond acceptors (Lipinski definition) is 4. The van der Waals surface area contributed by atoms with Gasteiger partial charge < -0.3 is 9.64 Å². The Bertz CT molecular complexity index is 389. The molecule has 92 valence electrons. The topological polar surface area (TPSA) is 24.8 Å². The highest BCUT2D eigenvalue weighted by Gasteiger charge is 2.12. The molecule has 0 amide bonds. The molecule has 4 heteroatoms. The van der Waals surface area contributed by atoms with Crippen molar-refractivity contribution in [2.45, 2.75) is 11.8 Å². The van der Waals surface area contributed by atoms with Crippen LogP contribution in [0.3, 0.4) is 0 Å². The van der Waals surface area contributed by atoms with Crippen LogP contribution >= 0.6 is 11.8 Å². The van der Waals surface area contributed by atoms with Crippen LogP contribution in [0.4, 0.5) is 11.4 Å². The van der Waals surface area contributed by atoms with Crippen LogP contribution in [-0.2, 0) is 4.74 Å². The van der Waals surface area contributed by atoms with Gasteiger partial charge in [-0.05, 0) is 30.7 Å². The number of hydrogen-bond donors (Lipinski definition) is 0. The number of benzene rings is 1. The molecule has 0 unspecified atom stereocenters. The third-order valence-electron chi connectivity index (χ3n) is 2.79. The first-order chi connectivity index (χ1) is 8.35. The molecule has 0 radical (unpaired) electrons. The fraction of sp³-hybridized carbons (Fsp3) is 0.462. The molecule has 2 rings (SSSR count). The Balaban J connectivity index is 2.22. The van der Waals surface area contributed by atoms with Crippen LogP contribution in [0.5, 0.6) is 0 Å². The maximum absolute atomic E-state index is 5.37. The number of thioether (sulfide) groups is 1. The van der Waals surface area contributed by atoms with Gasteiger partial charge in [0.05, 0.1) is 18.9 Å². The molecule has 0 aliphatic carbocycles. The lowest BCUT2D eigenvalue weighted by Gasteiger charge is -2.29. The first kappa shape index (κ1) is 12.5. The van der Waals surface area contributed by atoms with E-state index in [1.165, 1.54) is 10.6 Å². The Morgan fingerprint density at radius 1 is 1.41 bits per heavy atom. The summed E-state index contributed by atoms with van der Waals surface area (Å²) in [5, 5.41) is 0. The first-order valence-corrected chi connectivity index (χ1v) is 6.90. The molecule has 1 aliphatic heterocycles. The quantitative estimate of drug-likeness (QED) is 0.606. The first-order valence-electron chi connectivity index (χ1n) is 5.91. The number of ether oxygens (including phenoxy) is 1. The van der Waals surface area contributed by atoms with Crippen molar-refractivity contribution in [2.24, 2.45) is 4.99 Å². The van der Waals surface area contributed by atoms with E-state index in [0.717, 1.165) is 37.7 Å². The Kier molecular flexibility index (Phi) is 4.45. The summed E-state index contributed by atoms with van der Waals surface area (Å²) in [7, 11) is 0. The van der Waals surface area contributed by atoms with Crippen molar-refractivity contribution < 1.29 is 4.74 Å². The number of aliphatic imine (C=N–C) groups is 1. The van der Waals surface area contributed by atoms with E-state index in [1.54, 1.807) is 0 Å². The molecular formula is C13H18N2OS. The molecule has 0 bridgehead atoms. The van der Waals surface area contributed by atoms with Crippen LogP contribution in [0.1, 0.15) is 6.92 Å². The van der Waals surface area contributed by atoms with Gasteiger partial charge in [0.1, 0.15) is 0 Å². The highest BCUT2D eigenvalue weighted by atomic mass is 32.2. The maximum Gasteiger partial charge on any atom is 0.0759 e. The molecule has 1 aliphatic rings. The normalized spacial score (nSPS) is 15.9. The third kappa shape index (κ3) is 3.01. The minimum atomic E-state index is 0.817. The molecular weight excluding hydrogens is 232 g/mol. The van der Waals surface area contributed by atoms with E-state index in [1.807, 2.05) is 11.8 Å². The molecule has 1 saturated heterocycles. The Morgan fingerprint density at radius 3 is 2.82 bits per heavy atom. The van der Waals surface area contributed by atoms with Crippen LogP contribution in [0.25, 0.3) is 0 Å². The minimum Gasteiger partial charge on any atom is -0.378 e. The summed E-state index contributed by atoms with van der Waals surface area (Å²) >= 11 is 1.81. The molecule has 3 nitrogen and oxygen atoms in total. The van der Waals surface area contributed by atoms with Crippen molar-refractivity contribution in [1.82, 2.24) is 0 Å². The molecule has 0 saturated carbocycles. The lowest BCUT2D eigenvalue weighted by molar-refractivity contribution is 0.122. The van der Waals surface area contributed by atoms with Gasteiger partial charge in [-0.15, -0.1) is 11.8 Å². The second-order valence-electron chi connectivity index (χ2n) is 3.84. The van der Waals surface area contributed by atoms with Crippen molar-refractivity contribution in [2.75, 3.05) is 37.0 Å². The van der Waals surface area contributed by atoms with Crippen molar-refractivity contribution in [3.8, 4) is 0 Å². The molecule has 0 N–H and O–H groups in total. The van der Waals surface area contributed by atoms with Gasteiger partial charge in [0.25, 0.3) is 0 Å². The lowest BCUT2D eigenvalue weighted by atomic mass is 10.2. The summed E-state index contributed by atoms with van der Waals surface area (Å²) in [6.07, 6.45) is 0. The predicted molar refractivity (Wildman–Crippen MR) is 75.1 cm³/mol. The van der Waals surface area contributed by atoms with E-state index in [9.17, 15) is 0 Å². The molecule has 0 atom stereocenters. The zero-order chi connectivity index (χ0) is 12.1. The van der Waals surface area contributed by atoms with Crippen molar-refractivity contribution in [1.29, 1.82) is 0 Å². The van der Waals surface area contributed by atoms with Gasteiger partial charge >= 0.3 is 0 Å². The fourth-order valence-electron chi connectivity index (χ4n) is 1.92. The van der Waals surface area contributed by atoms with Crippen molar-refractivity contribution in [3.05, 3.63) is 18.2 Å². The summed E-state index contributed by atoms with van der Waals surface area (Å²) in [6.45, 7) is 9.34. The summed E-state index contributed by atoms with van der Waals surface area (Å²) in [4.78, 5) is 7.63. The summed E-state index contributed by atoms with van der Waals surface area (Å²) in [5.41, 5.74) is 2.24. The standard InChI is InChI=1S/C13H18N2OS/c1-3-17-13-10-11(4-5-12(13)14-2)15-6-8-16-9-7-15/h4-5,10H,2-3,6-9H2,1H3. The third-order valence-corrected chi connectivity index (χ3v) is 3.72. The van der Waals surface area contributed by atoms with Gasteiger partial charge in [-0.1, -0.05) is 6.92 Å². The molecule has 1 fully saturated rings. The molecule has 1 aromatic carbocycles. The van der Waals surface area contributed by atoms with Crippen LogP contribution in [0, 0.1) is 0 Å². The monoisotopic (exact) mass is 250 g/mol. The zero-order valence-corrected chi connectivity index (χ0v) is 11.0. The van der Waals surface area contributed by atoms with Crippen LogP contribution in [-0.4, -0.2) is 38.8 Å². The molecule has 0 spiro atoms. The second kappa shape index (κ2) is 6.07.